The Morgan fingerprint density at radius 3 is 2.95 bits per heavy atom. The number of carbonyl (C=O) groups excluding carboxylic acids is 1. The van der Waals surface area contributed by atoms with Crippen LogP contribution in [0.1, 0.15) is 36.5 Å². The lowest BCUT2D eigenvalue weighted by molar-refractivity contribution is 0.0748. The highest BCUT2D eigenvalue weighted by Gasteiger charge is 2.28. The first kappa shape index (κ1) is 14.3. The van der Waals surface area contributed by atoms with Crippen molar-refractivity contribution in [1.29, 1.82) is 0 Å². The van der Waals surface area contributed by atoms with Gasteiger partial charge in [-0.05, 0) is 47.2 Å². The number of hydrogen-bond donors (Lipinski definition) is 2. The summed E-state index contributed by atoms with van der Waals surface area (Å²) in [4.78, 5) is 18.6. The number of rotatable bonds is 6. The average Bonchev–Trinajstić information content (AvgIpc) is 3.21. The molecule has 1 aromatic heterocycles. The molecule has 0 atom stereocenters. The Bertz CT molecular complexity index is 462. The number of nitrogen functional groups attached to an aromatic ring is 1. The van der Waals surface area contributed by atoms with E-state index in [0.717, 1.165) is 24.0 Å². The van der Waals surface area contributed by atoms with E-state index < -0.39 is 0 Å². The van der Waals surface area contributed by atoms with E-state index in [4.69, 9.17) is 5.84 Å². The number of anilines is 1. The van der Waals surface area contributed by atoms with Crippen molar-refractivity contribution in [3.8, 4) is 0 Å². The van der Waals surface area contributed by atoms with Gasteiger partial charge in [-0.3, -0.25) is 4.79 Å². The molecule has 1 saturated carbocycles. The van der Waals surface area contributed by atoms with E-state index in [1.54, 1.807) is 12.3 Å². The molecule has 5 nitrogen and oxygen atoms in total. The van der Waals surface area contributed by atoms with Crippen LogP contribution in [-0.4, -0.2) is 28.9 Å². The van der Waals surface area contributed by atoms with Crippen LogP contribution in [0.3, 0.4) is 0 Å². The predicted molar refractivity (Wildman–Crippen MR) is 78.7 cm³/mol. The SMILES string of the molecule is CCCN(CC1CC1)C(=O)c1cc(Br)cnc1NN. The Morgan fingerprint density at radius 1 is 1.63 bits per heavy atom. The van der Waals surface area contributed by atoms with Gasteiger partial charge in [0.05, 0.1) is 5.56 Å². The fourth-order valence-corrected chi connectivity index (χ4v) is 2.38. The first-order valence-corrected chi connectivity index (χ1v) is 7.36. The molecule has 1 aromatic rings. The van der Waals surface area contributed by atoms with Gasteiger partial charge in [0.15, 0.2) is 5.82 Å². The Morgan fingerprint density at radius 2 is 2.37 bits per heavy atom. The quantitative estimate of drug-likeness (QED) is 0.622. The third-order valence-electron chi connectivity index (χ3n) is 3.18. The molecule has 1 aliphatic carbocycles. The van der Waals surface area contributed by atoms with Gasteiger partial charge in [-0.2, -0.15) is 0 Å². The second kappa shape index (κ2) is 6.34. The molecule has 0 radical (unpaired) electrons. The summed E-state index contributed by atoms with van der Waals surface area (Å²) in [5, 5.41) is 0. The molecule has 1 aliphatic rings. The monoisotopic (exact) mass is 326 g/mol. The summed E-state index contributed by atoms with van der Waals surface area (Å²) in [6, 6.07) is 1.76. The van der Waals surface area contributed by atoms with Crippen LogP contribution >= 0.6 is 15.9 Å². The summed E-state index contributed by atoms with van der Waals surface area (Å²) in [6.07, 6.45) is 5.03. The number of nitrogens with zero attached hydrogens (tertiary/aromatic N) is 2. The van der Waals surface area contributed by atoms with Crippen LogP contribution in [0.2, 0.25) is 0 Å². The fourth-order valence-electron chi connectivity index (χ4n) is 2.05. The van der Waals surface area contributed by atoms with Gasteiger partial charge in [0.2, 0.25) is 0 Å². The fraction of sp³-hybridized carbons (Fsp3) is 0.538. The van der Waals surface area contributed by atoms with Crippen molar-refractivity contribution in [3.63, 3.8) is 0 Å². The summed E-state index contributed by atoms with van der Waals surface area (Å²) in [5.41, 5.74) is 3.01. The van der Waals surface area contributed by atoms with Gasteiger partial charge in [-0.25, -0.2) is 10.8 Å². The number of aromatic nitrogens is 1. The molecule has 1 amide bonds. The molecule has 1 heterocycles. The molecule has 0 saturated heterocycles. The summed E-state index contributed by atoms with van der Waals surface area (Å²) < 4.78 is 0.776. The van der Waals surface area contributed by atoms with E-state index in [0.29, 0.717) is 17.3 Å². The van der Waals surface area contributed by atoms with Gasteiger partial charge >= 0.3 is 0 Å². The number of amides is 1. The minimum atomic E-state index is -0.00417. The van der Waals surface area contributed by atoms with Crippen LogP contribution in [0, 0.1) is 5.92 Å². The number of halogens is 1. The lowest BCUT2D eigenvalue weighted by atomic mass is 10.2. The zero-order valence-corrected chi connectivity index (χ0v) is 12.6. The highest BCUT2D eigenvalue weighted by molar-refractivity contribution is 9.10. The lowest BCUT2D eigenvalue weighted by Gasteiger charge is -2.23. The molecule has 0 unspecified atom stereocenters. The van der Waals surface area contributed by atoms with Gasteiger partial charge in [0.25, 0.3) is 5.91 Å². The van der Waals surface area contributed by atoms with E-state index in [1.807, 2.05) is 4.90 Å². The highest BCUT2D eigenvalue weighted by atomic mass is 79.9. The van der Waals surface area contributed by atoms with Crippen LogP contribution in [0.25, 0.3) is 0 Å². The van der Waals surface area contributed by atoms with Crippen molar-refractivity contribution in [3.05, 3.63) is 22.3 Å². The van der Waals surface area contributed by atoms with Gasteiger partial charge in [0.1, 0.15) is 0 Å². The van der Waals surface area contributed by atoms with Crippen LogP contribution in [0.4, 0.5) is 5.82 Å². The third kappa shape index (κ3) is 3.67. The average molecular weight is 327 g/mol. The van der Waals surface area contributed by atoms with Crippen molar-refractivity contribution in [2.24, 2.45) is 11.8 Å². The molecule has 0 aliphatic heterocycles. The Labute approximate surface area is 121 Å². The first-order valence-electron chi connectivity index (χ1n) is 6.57. The van der Waals surface area contributed by atoms with Crippen LogP contribution < -0.4 is 11.3 Å². The normalized spacial score (nSPS) is 14.3. The Hall–Kier alpha value is -1.14. The Kier molecular flexibility index (Phi) is 4.76. The molecule has 1 fully saturated rings. The number of hydrogen-bond acceptors (Lipinski definition) is 4. The molecule has 0 aromatic carbocycles. The van der Waals surface area contributed by atoms with Crippen LogP contribution in [-0.2, 0) is 0 Å². The summed E-state index contributed by atoms with van der Waals surface area (Å²) in [6.45, 7) is 3.68. The van der Waals surface area contributed by atoms with Crippen molar-refractivity contribution < 1.29 is 4.79 Å². The highest BCUT2D eigenvalue weighted by Crippen LogP contribution is 2.30. The molecule has 19 heavy (non-hydrogen) atoms. The summed E-state index contributed by atoms with van der Waals surface area (Å²) in [5.74, 6) is 6.52. The van der Waals surface area contributed by atoms with E-state index >= 15 is 0 Å². The van der Waals surface area contributed by atoms with Gasteiger partial charge in [0, 0.05) is 23.8 Å². The van der Waals surface area contributed by atoms with Gasteiger partial charge in [-0.15, -0.1) is 0 Å². The number of nitrogens with one attached hydrogen (secondary N) is 1. The number of hydrazine groups is 1. The van der Waals surface area contributed by atoms with Crippen molar-refractivity contribution in [2.75, 3.05) is 18.5 Å². The lowest BCUT2D eigenvalue weighted by Crippen LogP contribution is -2.34. The van der Waals surface area contributed by atoms with Crippen LogP contribution in [0.15, 0.2) is 16.7 Å². The zero-order valence-electron chi connectivity index (χ0n) is 11.0. The minimum absolute atomic E-state index is 0.00417. The zero-order chi connectivity index (χ0) is 13.8. The second-order valence-electron chi connectivity index (χ2n) is 4.89. The Balaban J connectivity index is 2.21. The molecule has 3 N–H and O–H groups in total. The maximum atomic E-state index is 12.6. The standard InChI is InChI=1S/C13H19BrN4O/c1-2-5-18(8-9-3-4-9)13(19)11-6-10(14)7-16-12(11)17-15/h6-7,9H,2-5,8,15H2,1H3,(H,16,17). The largest absolute Gasteiger partial charge is 0.338 e. The first-order chi connectivity index (χ1) is 9.15. The maximum Gasteiger partial charge on any atom is 0.257 e. The van der Waals surface area contributed by atoms with E-state index in [9.17, 15) is 4.79 Å². The van der Waals surface area contributed by atoms with Gasteiger partial charge < -0.3 is 10.3 Å². The summed E-state index contributed by atoms with van der Waals surface area (Å²) >= 11 is 3.34. The smallest absolute Gasteiger partial charge is 0.257 e. The molecule has 0 spiro atoms. The van der Waals surface area contributed by atoms with Crippen molar-refractivity contribution in [2.45, 2.75) is 26.2 Å². The molecule has 0 bridgehead atoms. The number of carbonyl (C=O) groups is 1. The second-order valence-corrected chi connectivity index (χ2v) is 5.80. The topological polar surface area (TPSA) is 71.2 Å². The molecule has 6 heteroatoms. The van der Waals surface area contributed by atoms with Crippen molar-refractivity contribution in [1.82, 2.24) is 9.88 Å². The van der Waals surface area contributed by atoms with Crippen molar-refractivity contribution >= 4 is 27.7 Å². The molecule has 2 rings (SSSR count). The summed E-state index contributed by atoms with van der Waals surface area (Å²) in [7, 11) is 0. The van der Waals surface area contributed by atoms with Gasteiger partial charge in [-0.1, -0.05) is 6.92 Å². The predicted octanol–water partition coefficient (Wildman–Crippen LogP) is 2.39. The number of pyridine rings is 1. The molecular weight excluding hydrogens is 308 g/mol. The van der Waals surface area contributed by atoms with E-state index in [2.05, 4.69) is 33.3 Å². The van der Waals surface area contributed by atoms with E-state index in [1.165, 1.54) is 12.8 Å². The third-order valence-corrected chi connectivity index (χ3v) is 3.61. The maximum absolute atomic E-state index is 12.6. The van der Waals surface area contributed by atoms with Crippen LogP contribution in [0.5, 0.6) is 0 Å². The minimum Gasteiger partial charge on any atom is -0.338 e. The molecular formula is C13H19BrN4O. The number of nitrogens with two attached hydrogens (primary N) is 1. The molecule has 104 valence electrons. The van der Waals surface area contributed by atoms with E-state index in [-0.39, 0.29) is 5.91 Å².